The van der Waals surface area contributed by atoms with Crippen molar-refractivity contribution in [2.75, 3.05) is 13.1 Å². The Kier molecular flexibility index (Phi) is 5.04. The highest BCUT2D eigenvalue weighted by Crippen LogP contribution is 2.32. The number of amides is 1. The van der Waals surface area contributed by atoms with Crippen LogP contribution in [0.3, 0.4) is 0 Å². The summed E-state index contributed by atoms with van der Waals surface area (Å²) in [7, 11) is 0. The SMILES string of the molecule is CC(=O)N1CCC(N[C@@H]2CCCc3c2cnn3-c2ccc(C)c(C)c2)CC1. The Morgan fingerprint density at radius 1 is 1.15 bits per heavy atom. The van der Waals surface area contributed by atoms with Crippen molar-refractivity contribution in [3.05, 3.63) is 46.8 Å². The molecule has 1 aromatic carbocycles. The Balaban J connectivity index is 1.50. The van der Waals surface area contributed by atoms with Gasteiger partial charge in [-0.25, -0.2) is 4.68 Å². The zero-order chi connectivity index (χ0) is 19.0. The average molecular weight is 367 g/mol. The molecule has 5 heteroatoms. The predicted molar refractivity (Wildman–Crippen MR) is 107 cm³/mol. The molecule has 1 aliphatic heterocycles. The van der Waals surface area contributed by atoms with Gasteiger partial charge >= 0.3 is 0 Å². The molecule has 144 valence electrons. The van der Waals surface area contributed by atoms with Crippen molar-refractivity contribution in [2.24, 2.45) is 0 Å². The van der Waals surface area contributed by atoms with Crippen molar-refractivity contribution in [3.63, 3.8) is 0 Å². The first kappa shape index (κ1) is 18.2. The van der Waals surface area contributed by atoms with Crippen LogP contribution in [0.1, 0.15) is 61.0 Å². The highest BCUT2D eigenvalue weighted by molar-refractivity contribution is 5.73. The summed E-state index contributed by atoms with van der Waals surface area (Å²) in [5, 5.41) is 8.61. The third-order valence-corrected chi connectivity index (χ3v) is 6.30. The Morgan fingerprint density at radius 3 is 2.63 bits per heavy atom. The van der Waals surface area contributed by atoms with Gasteiger partial charge in [0.05, 0.1) is 11.9 Å². The maximum absolute atomic E-state index is 11.5. The zero-order valence-electron chi connectivity index (χ0n) is 16.7. The summed E-state index contributed by atoms with van der Waals surface area (Å²) in [6, 6.07) is 7.45. The minimum Gasteiger partial charge on any atom is -0.343 e. The fourth-order valence-corrected chi connectivity index (χ4v) is 4.46. The molecule has 0 radical (unpaired) electrons. The molecule has 5 nitrogen and oxygen atoms in total. The van der Waals surface area contributed by atoms with Crippen LogP contribution >= 0.6 is 0 Å². The van der Waals surface area contributed by atoms with Gasteiger partial charge in [0.2, 0.25) is 5.91 Å². The fraction of sp³-hybridized carbons (Fsp3) is 0.545. The summed E-state index contributed by atoms with van der Waals surface area (Å²) in [5.74, 6) is 0.197. The summed E-state index contributed by atoms with van der Waals surface area (Å²) in [6.07, 6.45) is 7.58. The summed E-state index contributed by atoms with van der Waals surface area (Å²) in [4.78, 5) is 13.5. The largest absolute Gasteiger partial charge is 0.343 e. The van der Waals surface area contributed by atoms with Crippen molar-refractivity contribution in [1.82, 2.24) is 20.0 Å². The molecule has 0 saturated carbocycles. The highest BCUT2D eigenvalue weighted by Gasteiger charge is 2.28. The molecule has 0 spiro atoms. The van der Waals surface area contributed by atoms with Crippen LogP contribution in [0.4, 0.5) is 0 Å². The summed E-state index contributed by atoms with van der Waals surface area (Å²) < 4.78 is 2.13. The lowest BCUT2D eigenvalue weighted by Gasteiger charge is -2.35. The molecule has 0 bridgehead atoms. The molecule has 1 fully saturated rings. The van der Waals surface area contributed by atoms with Gasteiger partial charge in [0, 0.05) is 43.4 Å². The molecule has 0 unspecified atom stereocenters. The van der Waals surface area contributed by atoms with Gasteiger partial charge in [-0.1, -0.05) is 6.07 Å². The second-order valence-electron chi connectivity index (χ2n) is 8.12. The third kappa shape index (κ3) is 3.65. The quantitative estimate of drug-likeness (QED) is 0.905. The molecule has 1 amide bonds. The number of nitrogens with one attached hydrogen (secondary N) is 1. The molecule has 4 rings (SSSR count). The number of aryl methyl sites for hydroxylation is 2. The van der Waals surface area contributed by atoms with E-state index in [-0.39, 0.29) is 5.91 Å². The number of fused-ring (bicyclic) bond motifs is 1. The second kappa shape index (κ2) is 7.47. The topological polar surface area (TPSA) is 50.2 Å². The fourth-order valence-electron chi connectivity index (χ4n) is 4.46. The van der Waals surface area contributed by atoms with Gasteiger partial charge in [-0.05, 0) is 69.2 Å². The van der Waals surface area contributed by atoms with E-state index in [4.69, 9.17) is 5.10 Å². The van der Waals surface area contributed by atoms with E-state index in [1.807, 2.05) is 4.90 Å². The van der Waals surface area contributed by atoms with Crippen molar-refractivity contribution >= 4 is 5.91 Å². The lowest BCUT2D eigenvalue weighted by molar-refractivity contribution is -0.129. The van der Waals surface area contributed by atoms with Gasteiger partial charge in [-0.15, -0.1) is 0 Å². The van der Waals surface area contributed by atoms with Crippen LogP contribution in [0.25, 0.3) is 5.69 Å². The first-order valence-corrected chi connectivity index (χ1v) is 10.2. The Labute approximate surface area is 161 Å². The maximum atomic E-state index is 11.5. The number of piperidine rings is 1. The molecule has 1 aliphatic carbocycles. The number of rotatable bonds is 3. The van der Waals surface area contributed by atoms with Crippen LogP contribution in [0.5, 0.6) is 0 Å². The van der Waals surface area contributed by atoms with Gasteiger partial charge < -0.3 is 10.2 Å². The molecule has 27 heavy (non-hydrogen) atoms. The molecule has 2 aliphatic rings. The first-order valence-electron chi connectivity index (χ1n) is 10.2. The van der Waals surface area contributed by atoms with Crippen LogP contribution in [0, 0.1) is 13.8 Å². The van der Waals surface area contributed by atoms with Crippen molar-refractivity contribution in [2.45, 2.75) is 65.0 Å². The molecule has 1 saturated heterocycles. The first-order chi connectivity index (χ1) is 13.0. The van der Waals surface area contributed by atoms with E-state index in [1.54, 1.807) is 6.92 Å². The van der Waals surface area contributed by atoms with E-state index < -0.39 is 0 Å². The number of hydrogen-bond acceptors (Lipinski definition) is 3. The van der Waals surface area contributed by atoms with E-state index in [1.165, 1.54) is 35.2 Å². The number of aromatic nitrogens is 2. The van der Waals surface area contributed by atoms with Gasteiger partial charge in [0.25, 0.3) is 0 Å². The minimum absolute atomic E-state index is 0.197. The van der Waals surface area contributed by atoms with E-state index in [0.717, 1.165) is 38.0 Å². The van der Waals surface area contributed by atoms with Crippen molar-refractivity contribution in [1.29, 1.82) is 0 Å². The lowest BCUT2D eigenvalue weighted by Crippen LogP contribution is -2.45. The monoisotopic (exact) mass is 366 g/mol. The average Bonchev–Trinajstić information content (AvgIpc) is 3.10. The summed E-state index contributed by atoms with van der Waals surface area (Å²) >= 11 is 0. The van der Waals surface area contributed by atoms with Crippen LogP contribution in [-0.4, -0.2) is 39.7 Å². The molecule has 1 atom stereocenters. The Hall–Kier alpha value is -2.14. The number of carbonyl (C=O) groups is 1. The number of nitrogens with zero attached hydrogens (tertiary/aromatic N) is 3. The predicted octanol–water partition coefficient (Wildman–Crippen LogP) is 3.47. The lowest BCUT2D eigenvalue weighted by atomic mass is 9.91. The van der Waals surface area contributed by atoms with E-state index in [2.05, 4.69) is 48.2 Å². The number of carbonyl (C=O) groups excluding carboxylic acids is 1. The Morgan fingerprint density at radius 2 is 1.93 bits per heavy atom. The molecule has 1 aromatic heterocycles. The normalized spacial score (nSPS) is 20.6. The molecule has 2 heterocycles. The summed E-state index contributed by atoms with van der Waals surface area (Å²) in [6.45, 7) is 7.72. The number of likely N-dealkylation sites (tertiary alicyclic amines) is 1. The van der Waals surface area contributed by atoms with E-state index in [9.17, 15) is 4.79 Å². The number of hydrogen-bond donors (Lipinski definition) is 1. The second-order valence-corrected chi connectivity index (χ2v) is 8.12. The molecular formula is C22H30N4O. The highest BCUT2D eigenvalue weighted by atomic mass is 16.2. The van der Waals surface area contributed by atoms with Gasteiger partial charge in [0.15, 0.2) is 0 Å². The van der Waals surface area contributed by atoms with Gasteiger partial charge in [-0.3, -0.25) is 4.79 Å². The van der Waals surface area contributed by atoms with Crippen LogP contribution in [-0.2, 0) is 11.2 Å². The minimum atomic E-state index is 0.197. The smallest absolute Gasteiger partial charge is 0.219 e. The molecular weight excluding hydrogens is 336 g/mol. The van der Waals surface area contributed by atoms with E-state index in [0.29, 0.717) is 12.1 Å². The van der Waals surface area contributed by atoms with Crippen molar-refractivity contribution < 1.29 is 4.79 Å². The third-order valence-electron chi connectivity index (χ3n) is 6.30. The molecule has 1 N–H and O–H groups in total. The van der Waals surface area contributed by atoms with Crippen LogP contribution < -0.4 is 5.32 Å². The standard InChI is InChI=1S/C22H30N4O/c1-15-7-8-19(13-16(15)2)26-22-6-4-5-21(20(22)14-23-26)24-18-9-11-25(12-10-18)17(3)27/h7-8,13-14,18,21,24H,4-6,9-12H2,1-3H3/t21-/m1/s1. The molecule has 2 aromatic rings. The maximum Gasteiger partial charge on any atom is 0.219 e. The summed E-state index contributed by atoms with van der Waals surface area (Å²) in [5.41, 5.74) is 6.49. The Bertz CT molecular complexity index is 833. The van der Waals surface area contributed by atoms with Crippen LogP contribution in [0.15, 0.2) is 24.4 Å². The van der Waals surface area contributed by atoms with Crippen molar-refractivity contribution in [3.8, 4) is 5.69 Å². The van der Waals surface area contributed by atoms with Gasteiger partial charge in [0.1, 0.15) is 0 Å². The zero-order valence-corrected chi connectivity index (χ0v) is 16.7. The van der Waals surface area contributed by atoms with Gasteiger partial charge in [-0.2, -0.15) is 5.10 Å². The number of benzene rings is 1. The van der Waals surface area contributed by atoms with Crippen LogP contribution in [0.2, 0.25) is 0 Å². The van der Waals surface area contributed by atoms with E-state index >= 15 is 0 Å².